The van der Waals surface area contributed by atoms with Gasteiger partial charge in [0.1, 0.15) is 6.61 Å². The summed E-state index contributed by atoms with van der Waals surface area (Å²) in [6.45, 7) is 7.03. The highest BCUT2D eigenvalue weighted by Crippen LogP contribution is 2.46. The number of fused-ring (bicyclic) bond motifs is 5. The average Bonchev–Trinajstić information content (AvgIpc) is 3.16. The fourth-order valence-corrected chi connectivity index (χ4v) is 5.23. The molecule has 3 aliphatic heterocycles. The Bertz CT molecular complexity index is 1460. The molecule has 0 aliphatic carbocycles. The summed E-state index contributed by atoms with van der Waals surface area (Å²) in [4.78, 5) is 37.7. The summed E-state index contributed by atoms with van der Waals surface area (Å²) in [5.74, 6) is -0.312. The lowest BCUT2D eigenvalue weighted by atomic mass is 9.86. The number of benzene rings is 1. The van der Waals surface area contributed by atoms with Crippen LogP contribution in [0.5, 0.6) is 0 Å². The van der Waals surface area contributed by atoms with Crippen molar-refractivity contribution in [3.8, 4) is 11.4 Å². The van der Waals surface area contributed by atoms with E-state index in [9.17, 15) is 14.7 Å². The second-order valence-corrected chi connectivity index (χ2v) is 9.35. The summed E-state index contributed by atoms with van der Waals surface area (Å²) >= 11 is 0. The van der Waals surface area contributed by atoms with Crippen molar-refractivity contribution in [3.63, 3.8) is 0 Å². The van der Waals surface area contributed by atoms with Crippen LogP contribution in [0.2, 0.25) is 0 Å². The maximum absolute atomic E-state index is 13.5. The normalized spacial score (nSPS) is 20.2. The van der Waals surface area contributed by atoms with Crippen molar-refractivity contribution in [1.29, 1.82) is 0 Å². The van der Waals surface area contributed by atoms with Crippen LogP contribution >= 0.6 is 0 Å². The Balaban J connectivity index is 1.65. The molecule has 0 spiro atoms. The maximum atomic E-state index is 13.5. The van der Waals surface area contributed by atoms with Crippen LogP contribution in [-0.2, 0) is 28.3 Å². The minimum absolute atomic E-state index is 0.118. The van der Waals surface area contributed by atoms with Crippen LogP contribution in [0.1, 0.15) is 43.9 Å². The second-order valence-electron chi connectivity index (χ2n) is 9.35. The van der Waals surface area contributed by atoms with Gasteiger partial charge in [0.25, 0.3) is 5.56 Å². The molecule has 0 amide bonds. The maximum Gasteiger partial charge on any atom is 0.343 e. The zero-order valence-electron chi connectivity index (χ0n) is 18.8. The molecule has 5 heterocycles. The van der Waals surface area contributed by atoms with Gasteiger partial charge in [0, 0.05) is 17.7 Å². The molecular weight excluding hydrogens is 420 g/mol. The van der Waals surface area contributed by atoms with E-state index in [2.05, 4.69) is 23.7 Å². The summed E-state index contributed by atoms with van der Waals surface area (Å²) in [7, 11) is 0. The number of hydrogen-bond acceptors (Lipinski definition) is 7. The fraction of sp³-hybridized carbons (Fsp3) is 0.360. The molecule has 0 bridgehead atoms. The van der Waals surface area contributed by atoms with Gasteiger partial charge in [-0.25, -0.2) is 14.8 Å². The first-order chi connectivity index (χ1) is 15.8. The molecule has 0 fully saturated rings. The monoisotopic (exact) mass is 444 g/mol. The molecule has 6 rings (SSSR count). The standard InChI is InChI=1S/C25H24N4O4/c1-4-25(32)16-8-19-21-14(10-29(19)23(30)15(16)11-33-24(25)31)22-20-17(6-5-7-18(20)27-21)26-12-28(22)9-13(2)3/h5-8,12-13,32H,4,9-11H2,1-3H3. The summed E-state index contributed by atoms with van der Waals surface area (Å²) in [6, 6.07) is 7.61. The highest BCUT2D eigenvalue weighted by atomic mass is 16.6. The van der Waals surface area contributed by atoms with Gasteiger partial charge < -0.3 is 19.3 Å². The molecule has 168 valence electrons. The lowest BCUT2D eigenvalue weighted by Gasteiger charge is -2.31. The fourth-order valence-electron chi connectivity index (χ4n) is 5.23. The number of pyridine rings is 2. The van der Waals surface area contributed by atoms with Crippen LogP contribution in [0.4, 0.5) is 11.4 Å². The molecular formula is C25H24N4O4. The van der Waals surface area contributed by atoms with Gasteiger partial charge >= 0.3 is 5.97 Å². The minimum atomic E-state index is -1.83. The Morgan fingerprint density at radius 2 is 2.06 bits per heavy atom. The van der Waals surface area contributed by atoms with Gasteiger partial charge in [-0.3, -0.25) is 4.79 Å². The topological polar surface area (TPSA) is 97.0 Å². The molecule has 1 N–H and O–H groups in total. The quantitative estimate of drug-likeness (QED) is 0.488. The Morgan fingerprint density at radius 1 is 1.24 bits per heavy atom. The molecule has 33 heavy (non-hydrogen) atoms. The van der Waals surface area contributed by atoms with Gasteiger partial charge in [-0.2, -0.15) is 0 Å². The van der Waals surface area contributed by atoms with Crippen molar-refractivity contribution in [2.75, 3.05) is 11.4 Å². The van der Waals surface area contributed by atoms with Crippen molar-refractivity contribution >= 4 is 34.6 Å². The number of hydrogen-bond donors (Lipinski definition) is 1. The summed E-state index contributed by atoms with van der Waals surface area (Å²) in [5, 5.41) is 12.1. The lowest BCUT2D eigenvalue weighted by Crippen LogP contribution is -2.44. The van der Waals surface area contributed by atoms with Gasteiger partial charge in [0.2, 0.25) is 0 Å². The summed E-state index contributed by atoms with van der Waals surface area (Å²) in [6.07, 6.45) is 1.98. The molecule has 0 saturated carbocycles. The first-order valence-electron chi connectivity index (χ1n) is 11.3. The van der Waals surface area contributed by atoms with E-state index in [0.717, 1.165) is 34.4 Å². The Hall–Kier alpha value is -3.52. The predicted octanol–water partition coefficient (Wildman–Crippen LogP) is 3.22. The number of esters is 1. The summed E-state index contributed by atoms with van der Waals surface area (Å²) in [5.41, 5.74) is 3.53. The molecule has 8 heteroatoms. The third kappa shape index (κ3) is 2.61. The molecule has 1 unspecified atom stereocenters. The number of aliphatic hydroxyl groups is 1. The van der Waals surface area contributed by atoms with E-state index >= 15 is 0 Å². The van der Waals surface area contributed by atoms with Crippen molar-refractivity contribution in [2.24, 2.45) is 10.9 Å². The van der Waals surface area contributed by atoms with Crippen molar-refractivity contribution < 1.29 is 14.6 Å². The number of ether oxygens (including phenoxy) is 1. The minimum Gasteiger partial charge on any atom is -0.458 e. The lowest BCUT2D eigenvalue weighted by molar-refractivity contribution is -0.172. The van der Waals surface area contributed by atoms with E-state index in [4.69, 9.17) is 9.72 Å². The van der Waals surface area contributed by atoms with Crippen LogP contribution in [-0.4, -0.2) is 33.5 Å². The van der Waals surface area contributed by atoms with Crippen LogP contribution in [0.15, 0.2) is 34.1 Å². The van der Waals surface area contributed by atoms with Gasteiger partial charge in [-0.15, -0.1) is 0 Å². The highest BCUT2D eigenvalue weighted by Gasteiger charge is 2.45. The SMILES string of the molecule is CCC1(O)C(=O)OCc2c1cc1n(c2=O)Cc2c-1nc1cccc3c1c2N(CC(C)C)C=N3. The van der Waals surface area contributed by atoms with Gasteiger partial charge in [-0.1, -0.05) is 26.8 Å². The molecule has 0 saturated heterocycles. The number of carbonyl (C=O) groups excluding carboxylic acids is 1. The Morgan fingerprint density at radius 3 is 2.82 bits per heavy atom. The zero-order chi connectivity index (χ0) is 23.1. The van der Waals surface area contributed by atoms with Crippen LogP contribution in [0.25, 0.3) is 22.3 Å². The largest absolute Gasteiger partial charge is 0.458 e. The number of aromatic nitrogens is 2. The van der Waals surface area contributed by atoms with Gasteiger partial charge in [0.05, 0.1) is 52.1 Å². The molecule has 2 aromatic heterocycles. The van der Waals surface area contributed by atoms with E-state index in [0.29, 0.717) is 35.0 Å². The number of rotatable bonds is 3. The van der Waals surface area contributed by atoms with Crippen molar-refractivity contribution in [2.45, 2.75) is 45.9 Å². The van der Waals surface area contributed by atoms with E-state index < -0.39 is 11.6 Å². The highest BCUT2D eigenvalue weighted by molar-refractivity contribution is 6.11. The molecule has 1 aromatic carbocycles. The molecule has 1 atom stereocenters. The number of anilines is 1. The van der Waals surface area contributed by atoms with Crippen molar-refractivity contribution in [3.05, 3.63) is 51.3 Å². The Labute approximate surface area is 190 Å². The number of aliphatic imine (C=N–C) groups is 1. The van der Waals surface area contributed by atoms with Gasteiger partial charge in [-0.05, 0) is 30.5 Å². The first kappa shape index (κ1) is 20.1. The number of nitrogens with zero attached hydrogens (tertiary/aromatic N) is 4. The summed E-state index contributed by atoms with van der Waals surface area (Å²) < 4.78 is 6.86. The second kappa shape index (κ2) is 6.74. The molecule has 0 radical (unpaired) electrons. The van der Waals surface area contributed by atoms with E-state index in [1.807, 2.05) is 24.5 Å². The van der Waals surface area contributed by atoms with Crippen LogP contribution in [0, 0.1) is 5.92 Å². The smallest absolute Gasteiger partial charge is 0.343 e. The van der Waals surface area contributed by atoms with Crippen LogP contribution in [0.3, 0.4) is 0 Å². The average molecular weight is 444 g/mol. The first-order valence-corrected chi connectivity index (χ1v) is 11.3. The van der Waals surface area contributed by atoms with E-state index in [1.165, 1.54) is 0 Å². The third-order valence-corrected chi connectivity index (χ3v) is 6.85. The third-order valence-electron chi connectivity index (χ3n) is 6.85. The zero-order valence-corrected chi connectivity index (χ0v) is 18.8. The van der Waals surface area contributed by atoms with Crippen LogP contribution < -0.4 is 10.5 Å². The van der Waals surface area contributed by atoms with E-state index in [1.54, 1.807) is 17.6 Å². The Kier molecular flexibility index (Phi) is 4.11. The number of cyclic esters (lactones) is 1. The predicted molar refractivity (Wildman–Crippen MR) is 125 cm³/mol. The van der Waals surface area contributed by atoms with E-state index in [-0.39, 0.29) is 18.6 Å². The van der Waals surface area contributed by atoms with Crippen molar-refractivity contribution in [1.82, 2.24) is 9.55 Å². The van der Waals surface area contributed by atoms with Gasteiger partial charge in [0.15, 0.2) is 5.60 Å². The molecule has 3 aliphatic rings. The molecule has 3 aromatic rings. The number of carbonyl (C=O) groups is 1. The molecule has 8 nitrogen and oxygen atoms in total.